The Kier molecular flexibility index (Phi) is 4.88. The maximum atomic E-state index is 13.1. The van der Waals surface area contributed by atoms with Crippen molar-refractivity contribution in [2.24, 2.45) is 0 Å². The predicted molar refractivity (Wildman–Crippen MR) is 97.6 cm³/mol. The Bertz CT molecular complexity index is 912. The molecule has 1 aromatic heterocycles. The monoisotopic (exact) mass is 366 g/mol. The summed E-state index contributed by atoms with van der Waals surface area (Å²) in [5, 5.41) is 14.1. The lowest BCUT2D eigenvalue weighted by Crippen LogP contribution is -2.39. The van der Waals surface area contributed by atoms with Crippen LogP contribution < -0.4 is 5.32 Å². The standard InChI is InChI=1S/C19H19FN6O/c20-15-8-6-14(7-9-15)12-25-10-2-5-18(25)19(27)22-16-3-1-4-17(11-16)26-13-21-23-24-26/h1,3-4,6-9,11,13,18H,2,5,10,12H2,(H,22,27). The Morgan fingerprint density at radius 3 is 2.85 bits per heavy atom. The van der Waals surface area contributed by atoms with Crippen molar-refractivity contribution in [2.75, 3.05) is 11.9 Å². The number of tetrazole rings is 1. The van der Waals surface area contributed by atoms with Gasteiger partial charge in [-0.3, -0.25) is 9.69 Å². The average molecular weight is 366 g/mol. The Balaban J connectivity index is 1.44. The van der Waals surface area contributed by atoms with E-state index in [1.165, 1.54) is 23.1 Å². The molecule has 1 N–H and O–H groups in total. The first-order chi connectivity index (χ1) is 13.2. The molecule has 1 fully saturated rings. The van der Waals surface area contributed by atoms with E-state index in [9.17, 15) is 9.18 Å². The molecule has 1 atom stereocenters. The van der Waals surface area contributed by atoms with Crippen LogP contribution >= 0.6 is 0 Å². The summed E-state index contributed by atoms with van der Waals surface area (Å²) < 4.78 is 14.6. The Morgan fingerprint density at radius 2 is 2.07 bits per heavy atom. The maximum absolute atomic E-state index is 13.1. The maximum Gasteiger partial charge on any atom is 0.241 e. The second kappa shape index (κ2) is 7.63. The summed E-state index contributed by atoms with van der Waals surface area (Å²) in [6.07, 6.45) is 3.27. The molecule has 3 aromatic rings. The zero-order chi connectivity index (χ0) is 18.6. The van der Waals surface area contributed by atoms with E-state index < -0.39 is 0 Å². The molecule has 1 unspecified atom stereocenters. The van der Waals surface area contributed by atoms with Gasteiger partial charge in [-0.05, 0) is 65.7 Å². The number of rotatable bonds is 5. The van der Waals surface area contributed by atoms with Crippen molar-refractivity contribution in [3.63, 3.8) is 0 Å². The lowest BCUT2D eigenvalue weighted by atomic mass is 10.1. The van der Waals surface area contributed by atoms with Gasteiger partial charge >= 0.3 is 0 Å². The molecule has 0 saturated carbocycles. The summed E-state index contributed by atoms with van der Waals surface area (Å²) >= 11 is 0. The molecular weight excluding hydrogens is 347 g/mol. The van der Waals surface area contributed by atoms with Crippen molar-refractivity contribution in [3.8, 4) is 5.69 Å². The summed E-state index contributed by atoms with van der Waals surface area (Å²) in [6.45, 7) is 1.48. The molecule has 7 nitrogen and oxygen atoms in total. The third kappa shape index (κ3) is 4.01. The van der Waals surface area contributed by atoms with E-state index in [-0.39, 0.29) is 17.8 Å². The number of carbonyl (C=O) groups excluding carboxylic acids is 1. The van der Waals surface area contributed by atoms with Gasteiger partial charge in [-0.25, -0.2) is 9.07 Å². The second-order valence-corrected chi connectivity index (χ2v) is 6.55. The van der Waals surface area contributed by atoms with Crippen LogP contribution in [0.25, 0.3) is 5.69 Å². The largest absolute Gasteiger partial charge is 0.325 e. The van der Waals surface area contributed by atoms with Gasteiger partial charge in [0.2, 0.25) is 5.91 Å². The van der Waals surface area contributed by atoms with Gasteiger partial charge in [-0.15, -0.1) is 5.10 Å². The first kappa shape index (κ1) is 17.3. The van der Waals surface area contributed by atoms with Gasteiger partial charge in [-0.1, -0.05) is 18.2 Å². The van der Waals surface area contributed by atoms with Crippen LogP contribution in [0.1, 0.15) is 18.4 Å². The van der Waals surface area contributed by atoms with Crippen LogP contribution in [0.5, 0.6) is 0 Å². The lowest BCUT2D eigenvalue weighted by molar-refractivity contribution is -0.120. The first-order valence-electron chi connectivity index (χ1n) is 8.82. The molecule has 27 heavy (non-hydrogen) atoms. The number of nitrogens with one attached hydrogen (secondary N) is 1. The number of anilines is 1. The average Bonchev–Trinajstić information content (AvgIpc) is 3.36. The van der Waals surface area contributed by atoms with Crippen LogP contribution in [0.4, 0.5) is 10.1 Å². The highest BCUT2D eigenvalue weighted by Crippen LogP contribution is 2.22. The van der Waals surface area contributed by atoms with E-state index in [0.29, 0.717) is 12.2 Å². The van der Waals surface area contributed by atoms with Crippen LogP contribution in [-0.4, -0.2) is 43.6 Å². The van der Waals surface area contributed by atoms with Gasteiger partial charge in [0.05, 0.1) is 11.7 Å². The van der Waals surface area contributed by atoms with Crippen LogP contribution in [-0.2, 0) is 11.3 Å². The summed E-state index contributed by atoms with van der Waals surface area (Å²) in [5.74, 6) is -0.291. The molecule has 1 aliphatic rings. The fourth-order valence-corrected chi connectivity index (χ4v) is 3.37. The van der Waals surface area contributed by atoms with Crippen LogP contribution in [0, 0.1) is 5.82 Å². The molecule has 8 heteroatoms. The van der Waals surface area contributed by atoms with Gasteiger partial charge in [0.1, 0.15) is 12.1 Å². The Labute approximate surface area is 155 Å². The molecule has 0 aliphatic carbocycles. The van der Waals surface area contributed by atoms with E-state index in [2.05, 4.69) is 25.7 Å². The summed E-state index contributed by atoms with van der Waals surface area (Å²) in [5.41, 5.74) is 2.46. The number of aromatic nitrogens is 4. The molecule has 0 radical (unpaired) electrons. The number of halogens is 1. The normalized spacial score (nSPS) is 17.1. The molecule has 4 rings (SSSR count). The smallest absolute Gasteiger partial charge is 0.241 e. The third-order valence-corrected chi connectivity index (χ3v) is 4.69. The Hall–Kier alpha value is -3.13. The molecule has 1 aliphatic heterocycles. The molecule has 2 heterocycles. The van der Waals surface area contributed by atoms with E-state index in [1.54, 1.807) is 12.1 Å². The number of nitrogens with zero attached hydrogens (tertiary/aromatic N) is 5. The number of carbonyl (C=O) groups is 1. The zero-order valence-corrected chi connectivity index (χ0v) is 14.6. The zero-order valence-electron chi connectivity index (χ0n) is 14.6. The van der Waals surface area contributed by atoms with Crippen molar-refractivity contribution in [1.82, 2.24) is 25.1 Å². The summed E-state index contributed by atoms with van der Waals surface area (Å²) in [7, 11) is 0. The Morgan fingerprint density at radius 1 is 1.22 bits per heavy atom. The minimum absolute atomic E-state index is 0.0384. The number of hydrogen-bond acceptors (Lipinski definition) is 5. The fraction of sp³-hybridized carbons (Fsp3) is 0.263. The van der Waals surface area contributed by atoms with Gasteiger partial charge in [0, 0.05) is 12.2 Å². The predicted octanol–water partition coefficient (Wildman–Crippen LogP) is 2.40. The molecule has 1 amide bonds. The molecule has 138 valence electrons. The van der Waals surface area contributed by atoms with Crippen LogP contribution in [0.3, 0.4) is 0 Å². The number of likely N-dealkylation sites (tertiary alicyclic amines) is 1. The lowest BCUT2D eigenvalue weighted by Gasteiger charge is -2.23. The highest BCUT2D eigenvalue weighted by atomic mass is 19.1. The van der Waals surface area contributed by atoms with Crippen molar-refractivity contribution in [1.29, 1.82) is 0 Å². The number of hydrogen-bond donors (Lipinski definition) is 1. The topological polar surface area (TPSA) is 75.9 Å². The molecule has 2 aromatic carbocycles. The summed E-state index contributed by atoms with van der Waals surface area (Å²) in [4.78, 5) is 14.9. The minimum Gasteiger partial charge on any atom is -0.325 e. The molecule has 0 spiro atoms. The van der Waals surface area contributed by atoms with Gasteiger partial charge in [-0.2, -0.15) is 0 Å². The third-order valence-electron chi connectivity index (χ3n) is 4.69. The van der Waals surface area contributed by atoms with E-state index in [1.807, 2.05) is 24.3 Å². The van der Waals surface area contributed by atoms with Crippen LogP contribution in [0.2, 0.25) is 0 Å². The molecule has 0 bridgehead atoms. The highest BCUT2D eigenvalue weighted by Gasteiger charge is 2.30. The summed E-state index contributed by atoms with van der Waals surface area (Å²) in [6, 6.07) is 13.6. The number of amides is 1. The van der Waals surface area contributed by atoms with Crippen molar-refractivity contribution >= 4 is 11.6 Å². The van der Waals surface area contributed by atoms with Crippen LogP contribution in [0.15, 0.2) is 54.9 Å². The van der Waals surface area contributed by atoms with Crippen molar-refractivity contribution < 1.29 is 9.18 Å². The second-order valence-electron chi connectivity index (χ2n) is 6.55. The van der Waals surface area contributed by atoms with Gasteiger partial charge < -0.3 is 5.32 Å². The molecule has 1 saturated heterocycles. The van der Waals surface area contributed by atoms with Gasteiger partial charge in [0.15, 0.2) is 0 Å². The van der Waals surface area contributed by atoms with Crippen molar-refractivity contribution in [2.45, 2.75) is 25.4 Å². The van der Waals surface area contributed by atoms with Crippen molar-refractivity contribution in [3.05, 3.63) is 66.2 Å². The quantitative estimate of drug-likeness (QED) is 0.750. The van der Waals surface area contributed by atoms with Gasteiger partial charge in [0.25, 0.3) is 0 Å². The van der Waals surface area contributed by atoms with E-state index in [0.717, 1.165) is 30.6 Å². The SMILES string of the molecule is O=C(Nc1cccc(-n2cnnn2)c1)C1CCCN1Cc1ccc(F)cc1. The van der Waals surface area contributed by atoms with E-state index >= 15 is 0 Å². The number of benzene rings is 2. The fourth-order valence-electron chi connectivity index (χ4n) is 3.37. The highest BCUT2D eigenvalue weighted by molar-refractivity contribution is 5.95. The first-order valence-corrected chi connectivity index (χ1v) is 8.82. The van der Waals surface area contributed by atoms with E-state index in [4.69, 9.17) is 0 Å². The minimum atomic E-state index is -0.253. The molecular formula is C19H19FN6O.